The van der Waals surface area contributed by atoms with Crippen LogP contribution in [0.4, 0.5) is 4.79 Å². The van der Waals surface area contributed by atoms with Gasteiger partial charge >= 0.3 is 6.03 Å². The van der Waals surface area contributed by atoms with Gasteiger partial charge in [-0.1, -0.05) is 35.9 Å². The fraction of sp³-hybridized carbons (Fsp3) is 0.350. The van der Waals surface area contributed by atoms with Gasteiger partial charge in [-0.05, 0) is 38.0 Å². The number of fused-ring (bicyclic) bond motifs is 1. The number of hydrogen-bond acceptors (Lipinski definition) is 4. The summed E-state index contributed by atoms with van der Waals surface area (Å²) in [4.78, 5) is 30.7. The van der Waals surface area contributed by atoms with Crippen LogP contribution in [0, 0.1) is 12.8 Å². The first kappa shape index (κ1) is 18.8. The van der Waals surface area contributed by atoms with E-state index in [-0.39, 0.29) is 29.9 Å². The molecule has 0 aromatic heterocycles. The van der Waals surface area contributed by atoms with Gasteiger partial charge in [-0.15, -0.1) is 0 Å². The molecule has 0 radical (unpaired) electrons. The molecule has 0 bridgehead atoms. The van der Waals surface area contributed by atoms with E-state index in [4.69, 9.17) is 0 Å². The molecular formula is C20H21N3O4S. The summed E-state index contributed by atoms with van der Waals surface area (Å²) in [6.07, 6.45) is 7.73. The zero-order chi connectivity index (χ0) is 19.9. The lowest BCUT2D eigenvalue weighted by Gasteiger charge is -2.38. The number of piperidine rings is 1. The number of nitrogens with zero attached hydrogens (tertiary/aromatic N) is 3. The first-order valence-corrected chi connectivity index (χ1v) is 10.7. The molecule has 0 N–H and O–H groups in total. The van der Waals surface area contributed by atoms with Crippen LogP contribution in [0.3, 0.4) is 0 Å². The molecule has 0 saturated carbocycles. The highest BCUT2D eigenvalue weighted by molar-refractivity contribution is 7.89. The zero-order valence-electron chi connectivity index (χ0n) is 15.5. The molecule has 28 heavy (non-hydrogen) atoms. The van der Waals surface area contributed by atoms with Crippen molar-refractivity contribution in [1.82, 2.24) is 9.21 Å². The smallest absolute Gasteiger partial charge is 0.273 e. The van der Waals surface area contributed by atoms with Crippen LogP contribution in [0.15, 0.2) is 58.5 Å². The molecular weight excluding hydrogens is 378 g/mol. The minimum Gasteiger partial charge on any atom is -0.273 e. The Morgan fingerprint density at radius 1 is 1.04 bits per heavy atom. The van der Waals surface area contributed by atoms with E-state index in [1.165, 1.54) is 9.21 Å². The van der Waals surface area contributed by atoms with Gasteiger partial charge in [-0.25, -0.2) is 13.2 Å². The summed E-state index contributed by atoms with van der Waals surface area (Å²) >= 11 is 0. The molecule has 3 amide bonds. The summed E-state index contributed by atoms with van der Waals surface area (Å²) in [7, 11) is -3.58. The maximum Gasteiger partial charge on any atom is 0.350 e. The highest BCUT2D eigenvalue weighted by atomic mass is 32.2. The lowest BCUT2D eigenvalue weighted by molar-refractivity contribution is -0.131. The van der Waals surface area contributed by atoms with Gasteiger partial charge in [0, 0.05) is 19.1 Å². The SMILES string of the molecule is Cc1ccc(S(=O)(=O)N2CCC(N3C(=O)N=C4C=CC=CC4C3=O)CC2)cc1. The highest BCUT2D eigenvalue weighted by Crippen LogP contribution is 2.28. The fourth-order valence-electron chi connectivity index (χ4n) is 3.79. The molecule has 4 rings (SSSR count). The van der Waals surface area contributed by atoms with Crippen LogP contribution in [0.1, 0.15) is 18.4 Å². The minimum atomic E-state index is -3.58. The number of allylic oxidation sites excluding steroid dienone is 3. The number of carbonyl (C=O) groups excluding carboxylic acids is 2. The number of amides is 3. The number of carbonyl (C=O) groups is 2. The van der Waals surface area contributed by atoms with E-state index in [0.717, 1.165) is 5.56 Å². The molecule has 8 heteroatoms. The number of benzene rings is 1. The van der Waals surface area contributed by atoms with Crippen molar-refractivity contribution in [3.8, 4) is 0 Å². The molecule has 146 valence electrons. The van der Waals surface area contributed by atoms with Crippen molar-refractivity contribution >= 4 is 27.7 Å². The summed E-state index contributed by atoms with van der Waals surface area (Å²) in [6, 6.07) is 5.85. The van der Waals surface area contributed by atoms with Gasteiger partial charge in [0.2, 0.25) is 15.9 Å². The molecule has 3 aliphatic rings. The number of imide groups is 1. The number of aryl methyl sites for hydroxylation is 1. The minimum absolute atomic E-state index is 0.259. The van der Waals surface area contributed by atoms with Crippen LogP contribution < -0.4 is 0 Å². The monoisotopic (exact) mass is 399 g/mol. The first-order chi connectivity index (χ1) is 13.4. The Bertz CT molecular complexity index is 1000. The summed E-state index contributed by atoms with van der Waals surface area (Å²) in [5.74, 6) is -0.813. The lowest BCUT2D eigenvalue weighted by Crippen LogP contribution is -2.54. The molecule has 1 saturated heterocycles. The molecule has 1 atom stereocenters. The average molecular weight is 399 g/mol. The molecule has 2 heterocycles. The molecule has 0 spiro atoms. The van der Waals surface area contributed by atoms with Crippen LogP contribution in [0.25, 0.3) is 0 Å². The lowest BCUT2D eigenvalue weighted by atomic mass is 9.93. The van der Waals surface area contributed by atoms with Crippen molar-refractivity contribution in [2.45, 2.75) is 30.7 Å². The second-order valence-electron chi connectivity index (χ2n) is 7.20. The van der Waals surface area contributed by atoms with Gasteiger partial charge in [0.25, 0.3) is 0 Å². The number of urea groups is 1. The number of hydrogen-bond donors (Lipinski definition) is 0. The van der Waals surface area contributed by atoms with Crippen molar-refractivity contribution in [1.29, 1.82) is 0 Å². The maximum absolute atomic E-state index is 12.8. The first-order valence-electron chi connectivity index (χ1n) is 9.25. The third-order valence-corrected chi connectivity index (χ3v) is 7.29. The Kier molecular flexibility index (Phi) is 4.76. The van der Waals surface area contributed by atoms with Gasteiger partial charge in [0.1, 0.15) is 0 Å². The van der Waals surface area contributed by atoms with E-state index < -0.39 is 22.0 Å². The molecule has 7 nitrogen and oxygen atoms in total. The molecule has 1 aromatic carbocycles. The standard InChI is InChI=1S/C20H21N3O4S/c1-14-6-8-16(9-7-14)28(26,27)22-12-10-15(11-13-22)23-19(24)17-4-2-3-5-18(17)21-20(23)25/h2-9,15,17H,10-13H2,1H3. The van der Waals surface area contributed by atoms with E-state index >= 15 is 0 Å². The zero-order valence-corrected chi connectivity index (χ0v) is 16.3. The molecule has 2 aliphatic heterocycles. The van der Waals surface area contributed by atoms with Gasteiger partial charge in [0.15, 0.2) is 0 Å². The van der Waals surface area contributed by atoms with E-state index in [1.807, 2.05) is 6.92 Å². The summed E-state index contributed by atoms with van der Waals surface area (Å²) in [5.41, 5.74) is 1.46. The predicted molar refractivity (Wildman–Crippen MR) is 104 cm³/mol. The third kappa shape index (κ3) is 3.22. The van der Waals surface area contributed by atoms with Crippen LogP contribution in [-0.2, 0) is 14.8 Å². The molecule has 1 aliphatic carbocycles. The van der Waals surface area contributed by atoms with Crippen molar-refractivity contribution in [2.24, 2.45) is 10.9 Å². The number of rotatable bonds is 3. The summed E-state index contributed by atoms with van der Waals surface area (Å²) < 4.78 is 27.1. The van der Waals surface area contributed by atoms with Crippen LogP contribution >= 0.6 is 0 Å². The van der Waals surface area contributed by atoms with Gasteiger partial charge < -0.3 is 0 Å². The average Bonchev–Trinajstić information content (AvgIpc) is 2.69. The number of aliphatic imine (C=N–C) groups is 1. The van der Waals surface area contributed by atoms with E-state index in [1.54, 1.807) is 48.6 Å². The van der Waals surface area contributed by atoms with E-state index in [9.17, 15) is 18.0 Å². The van der Waals surface area contributed by atoms with Gasteiger partial charge in [-0.3, -0.25) is 9.69 Å². The van der Waals surface area contributed by atoms with Crippen molar-refractivity contribution in [3.05, 3.63) is 54.1 Å². The Morgan fingerprint density at radius 2 is 1.71 bits per heavy atom. The second kappa shape index (κ2) is 7.10. The quantitative estimate of drug-likeness (QED) is 0.780. The van der Waals surface area contributed by atoms with Crippen molar-refractivity contribution < 1.29 is 18.0 Å². The predicted octanol–water partition coefficient (Wildman–Crippen LogP) is 2.29. The Balaban J connectivity index is 1.48. The van der Waals surface area contributed by atoms with Gasteiger partial charge in [0.05, 0.1) is 16.5 Å². The molecule has 1 unspecified atom stereocenters. The molecule has 1 fully saturated rings. The van der Waals surface area contributed by atoms with Crippen LogP contribution in [-0.4, -0.2) is 54.4 Å². The fourth-order valence-corrected chi connectivity index (χ4v) is 5.26. The Morgan fingerprint density at radius 3 is 2.39 bits per heavy atom. The van der Waals surface area contributed by atoms with Gasteiger partial charge in [-0.2, -0.15) is 9.30 Å². The summed E-state index contributed by atoms with van der Waals surface area (Å²) in [5, 5.41) is 0. The Hall–Kier alpha value is -2.58. The number of sulfonamides is 1. The highest BCUT2D eigenvalue weighted by Gasteiger charge is 2.41. The normalized spacial score (nSPS) is 23.7. The largest absolute Gasteiger partial charge is 0.350 e. The van der Waals surface area contributed by atoms with Crippen LogP contribution in [0.2, 0.25) is 0 Å². The molecule has 1 aromatic rings. The topological polar surface area (TPSA) is 87.1 Å². The van der Waals surface area contributed by atoms with E-state index in [2.05, 4.69) is 4.99 Å². The van der Waals surface area contributed by atoms with Crippen molar-refractivity contribution in [3.63, 3.8) is 0 Å². The Labute approximate surface area is 164 Å². The second-order valence-corrected chi connectivity index (χ2v) is 9.14. The van der Waals surface area contributed by atoms with Crippen LogP contribution in [0.5, 0.6) is 0 Å². The summed E-state index contributed by atoms with van der Waals surface area (Å²) in [6.45, 7) is 2.42. The van der Waals surface area contributed by atoms with E-state index in [0.29, 0.717) is 18.6 Å². The van der Waals surface area contributed by atoms with Crippen molar-refractivity contribution in [2.75, 3.05) is 13.1 Å². The third-order valence-electron chi connectivity index (χ3n) is 5.38. The maximum atomic E-state index is 12.8.